The second-order valence-corrected chi connectivity index (χ2v) is 11.2. The van der Waals surface area contributed by atoms with Crippen molar-refractivity contribution in [2.45, 2.75) is 58.5 Å². The number of carboxylic acids is 1. The number of hydrogen-bond donors (Lipinski definition) is 3. The number of carbonyl (C=O) groups is 3. The van der Waals surface area contributed by atoms with Crippen LogP contribution >= 0.6 is 18.8 Å². The topological polar surface area (TPSA) is 131 Å². The highest BCUT2D eigenvalue weighted by Gasteiger charge is 2.41. The van der Waals surface area contributed by atoms with E-state index in [-0.39, 0.29) is 28.2 Å². The van der Waals surface area contributed by atoms with Gasteiger partial charge in [0.05, 0.1) is 13.2 Å². The van der Waals surface area contributed by atoms with Crippen LogP contribution in [-0.4, -0.2) is 48.3 Å². The molecule has 0 spiro atoms. The van der Waals surface area contributed by atoms with Crippen LogP contribution in [-0.2, 0) is 23.6 Å². The number of ether oxygens (including phenoxy) is 2. The summed E-state index contributed by atoms with van der Waals surface area (Å²) in [7, 11) is -4.56. The predicted molar refractivity (Wildman–Crippen MR) is 128 cm³/mol. The summed E-state index contributed by atoms with van der Waals surface area (Å²) in [6.07, 6.45) is 1.06. The highest BCUT2D eigenvalue weighted by Crippen LogP contribution is 2.55. The van der Waals surface area contributed by atoms with Crippen molar-refractivity contribution in [2.24, 2.45) is 0 Å². The summed E-state index contributed by atoms with van der Waals surface area (Å²) in [4.78, 5) is 35.6. The first kappa shape index (κ1) is 28.8. The van der Waals surface area contributed by atoms with Crippen molar-refractivity contribution in [3.8, 4) is 0 Å². The number of fused-ring (bicyclic) bond motifs is 1. The Labute approximate surface area is 205 Å². The molecule has 13 heteroatoms. The number of carboxylic acid groups (broad SMARTS) is 1. The average molecular weight is 535 g/mol. The van der Waals surface area contributed by atoms with Crippen LogP contribution in [0.5, 0.6) is 0 Å². The van der Waals surface area contributed by atoms with Gasteiger partial charge >= 0.3 is 17.9 Å². The summed E-state index contributed by atoms with van der Waals surface area (Å²) >= 11 is 0.807. The van der Waals surface area contributed by atoms with E-state index in [1.165, 1.54) is 19.9 Å². The standard InChI is InChI=1S/C22H29F2N2O7PS/c1-5-9-32-21(29)12(3)25-34(31,26-13(4)22(30)33-10-6-2)19(24)14-7-8-16-15(18(14)23)11-17(35-16)20(27)28/h7-8,11-13,19H,5-6,9-10H2,1-4H3,(H,27,28)(H2,25,26,31)/t12-,13-,19?/m0/s1. The molecule has 0 aliphatic carbocycles. The van der Waals surface area contributed by atoms with E-state index in [0.29, 0.717) is 12.8 Å². The van der Waals surface area contributed by atoms with Crippen molar-refractivity contribution in [1.29, 1.82) is 0 Å². The number of nitrogens with one attached hydrogen (secondary N) is 2. The number of thiophene rings is 1. The third-order valence-corrected chi connectivity index (χ3v) is 8.37. The molecular weight excluding hydrogens is 505 g/mol. The zero-order valence-electron chi connectivity index (χ0n) is 19.8. The van der Waals surface area contributed by atoms with Crippen LogP contribution < -0.4 is 10.2 Å². The van der Waals surface area contributed by atoms with Gasteiger partial charge in [-0.1, -0.05) is 19.9 Å². The third kappa shape index (κ3) is 7.07. The zero-order chi connectivity index (χ0) is 26.3. The van der Waals surface area contributed by atoms with Gasteiger partial charge in [0.1, 0.15) is 22.8 Å². The number of aromatic carboxylic acids is 1. The minimum atomic E-state index is -4.56. The van der Waals surface area contributed by atoms with E-state index in [1.54, 1.807) is 13.8 Å². The fourth-order valence-corrected chi connectivity index (χ4v) is 6.27. The lowest BCUT2D eigenvalue weighted by atomic mass is 10.1. The Bertz CT molecular complexity index is 1090. The van der Waals surface area contributed by atoms with E-state index in [0.717, 1.165) is 23.5 Å². The number of hydrogen-bond acceptors (Lipinski definition) is 7. The van der Waals surface area contributed by atoms with Gasteiger partial charge in [-0.15, -0.1) is 11.3 Å². The minimum absolute atomic E-state index is 0.0940. The molecule has 1 heterocycles. The molecule has 0 fully saturated rings. The van der Waals surface area contributed by atoms with Crippen molar-refractivity contribution in [3.05, 3.63) is 34.5 Å². The highest BCUT2D eigenvalue weighted by molar-refractivity contribution is 7.60. The molecule has 1 unspecified atom stereocenters. The lowest BCUT2D eigenvalue weighted by Gasteiger charge is -2.29. The summed E-state index contributed by atoms with van der Waals surface area (Å²) in [6.45, 7) is 6.34. The minimum Gasteiger partial charge on any atom is -0.477 e. The SMILES string of the molecule is CCCOC(=O)[C@H](C)NP(=O)(N[C@@H](C)C(=O)OCCC)C(F)c1ccc2sc(C(=O)O)cc2c1F. The Morgan fingerprint density at radius 2 is 1.57 bits per heavy atom. The van der Waals surface area contributed by atoms with Gasteiger partial charge in [-0.2, -0.15) is 0 Å². The second kappa shape index (κ2) is 12.5. The molecule has 0 aliphatic heterocycles. The Balaban J connectivity index is 2.45. The first-order chi connectivity index (χ1) is 16.4. The summed E-state index contributed by atoms with van der Waals surface area (Å²) in [5.74, 6) is -6.51. The molecule has 9 nitrogen and oxygen atoms in total. The Hall–Kier alpha value is -2.40. The first-order valence-electron chi connectivity index (χ1n) is 11.0. The van der Waals surface area contributed by atoms with Crippen LogP contribution in [0.4, 0.5) is 8.78 Å². The van der Waals surface area contributed by atoms with Crippen LogP contribution in [0, 0.1) is 5.82 Å². The van der Waals surface area contributed by atoms with E-state index >= 15 is 8.78 Å². The van der Waals surface area contributed by atoms with Crippen molar-refractivity contribution < 1.29 is 42.3 Å². The van der Waals surface area contributed by atoms with Gasteiger partial charge in [-0.3, -0.25) is 14.2 Å². The number of esters is 2. The molecule has 1 aromatic heterocycles. The normalized spacial score (nSPS) is 14.3. The fourth-order valence-electron chi connectivity index (χ4n) is 3.08. The van der Waals surface area contributed by atoms with E-state index in [2.05, 4.69) is 10.2 Å². The maximum Gasteiger partial charge on any atom is 0.345 e. The van der Waals surface area contributed by atoms with Crippen molar-refractivity contribution in [2.75, 3.05) is 13.2 Å². The summed E-state index contributed by atoms with van der Waals surface area (Å²) in [5, 5.41) is 13.8. The van der Waals surface area contributed by atoms with Crippen molar-refractivity contribution >= 4 is 46.8 Å². The lowest BCUT2D eigenvalue weighted by Crippen LogP contribution is -2.43. The van der Waals surface area contributed by atoms with Crippen LogP contribution in [0.25, 0.3) is 10.1 Å². The van der Waals surface area contributed by atoms with Crippen molar-refractivity contribution in [3.63, 3.8) is 0 Å². The largest absolute Gasteiger partial charge is 0.477 e. The molecule has 0 saturated carbocycles. The van der Waals surface area contributed by atoms with Gasteiger partial charge in [0.15, 0.2) is 0 Å². The number of halogens is 2. The molecule has 1 aromatic carbocycles. The Morgan fingerprint density at radius 3 is 2.03 bits per heavy atom. The summed E-state index contributed by atoms with van der Waals surface area (Å²) in [5.41, 5.74) is -0.626. The smallest absolute Gasteiger partial charge is 0.345 e. The van der Waals surface area contributed by atoms with E-state index < -0.39 is 54.7 Å². The van der Waals surface area contributed by atoms with Gasteiger partial charge in [-0.25, -0.2) is 23.7 Å². The van der Waals surface area contributed by atoms with Crippen LogP contribution in [0.1, 0.15) is 61.7 Å². The van der Waals surface area contributed by atoms with Crippen LogP contribution in [0.2, 0.25) is 0 Å². The van der Waals surface area contributed by atoms with Gasteiger partial charge in [-0.05, 0) is 38.8 Å². The molecule has 2 aromatic rings. The lowest BCUT2D eigenvalue weighted by molar-refractivity contribution is -0.145. The van der Waals surface area contributed by atoms with E-state index in [4.69, 9.17) is 9.47 Å². The molecular formula is C22H29F2N2O7PS. The van der Waals surface area contributed by atoms with E-state index in [9.17, 15) is 24.1 Å². The van der Waals surface area contributed by atoms with Gasteiger partial charge in [0.2, 0.25) is 5.91 Å². The highest BCUT2D eigenvalue weighted by atomic mass is 32.1. The predicted octanol–water partition coefficient (Wildman–Crippen LogP) is 4.76. The maximum atomic E-state index is 15.8. The molecule has 0 radical (unpaired) electrons. The van der Waals surface area contributed by atoms with Gasteiger partial charge in [0, 0.05) is 15.6 Å². The molecule has 3 atom stereocenters. The molecule has 0 aliphatic rings. The first-order valence-corrected chi connectivity index (χ1v) is 13.6. The molecule has 0 bridgehead atoms. The van der Waals surface area contributed by atoms with Crippen molar-refractivity contribution in [1.82, 2.24) is 10.2 Å². The van der Waals surface area contributed by atoms with Crippen LogP contribution in [0.15, 0.2) is 18.2 Å². The maximum absolute atomic E-state index is 15.8. The quantitative estimate of drug-likeness (QED) is 0.246. The molecule has 2 rings (SSSR count). The third-order valence-electron chi connectivity index (χ3n) is 4.83. The zero-order valence-corrected chi connectivity index (χ0v) is 21.5. The average Bonchev–Trinajstić information content (AvgIpc) is 3.26. The number of benzene rings is 1. The Morgan fingerprint density at radius 1 is 1.06 bits per heavy atom. The molecule has 3 N–H and O–H groups in total. The Kier molecular flexibility index (Phi) is 10.3. The molecule has 35 heavy (non-hydrogen) atoms. The van der Waals surface area contributed by atoms with Gasteiger partial charge < -0.3 is 14.6 Å². The number of carbonyl (C=O) groups excluding carboxylic acids is 2. The van der Waals surface area contributed by atoms with E-state index in [1.807, 2.05) is 0 Å². The number of alkyl halides is 1. The summed E-state index contributed by atoms with van der Waals surface area (Å²) in [6, 6.07) is 0.919. The second-order valence-electron chi connectivity index (χ2n) is 7.83. The fraction of sp³-hybridized carbons (Fsp3) is 0.500. The van der Waals surface area contributed by atoms with Crippen LogP contribution in [0.3, 0.4) is 0 Å². The van der Waals surface area contributed by atoms with Gasteiger partial charge in [0.25, 0.3) is 7.44 Å². The monoisotopic (exact) mass is 534 g/mol. The molecule has 0 amide bonds. The number of rotatable bonds is 13. The molecule has 194 valence electrons. The summed E-state index contributed by atoms with van der Waals surface area (Å²) < 4.78 is 55.2. The molecule has 0 saturated heterocycles.